The zero-order chi connectivity index (χ0) is 9.19. The lowest BCUT2D eigenvalue weighted by atomic mass is 9.97. The normalized spacial score (nSPS) is 34.5. The van der Waals surface area contributed by atoms with Gasteiger partial charge < -0.3 is 15.5 Å². The Labute approximate surface area is 70.6 Å². The van der Waals surface area contributed by atoms with Gasteiger partial charge in [0.2, 0.25) is 0 Å². The molecule has 0 saturated carbocycles. The topological polar surface area (TPSA) is 69.6 Å². The largest absolute Gasteiger partial charge is 0.480 e. The molecule has 1 fully saturated rings. The van der Waals surface area contributed by atoms with E-state index >= 15 is 0 Å². The van der Waals surface area contributed by atoms with Crippen LogP contribution < -0.4 is 5.32 Å². The van der Waals surface area contributed by atoms with Gasteiger partial charge in [0.25, 0.3) is 0 Å². The summed E-state index contributed by atoms with van der Waals surface area (Å²) in [6.07, 6.45) is 5.42. The summed E-state index contributed by atoms with van der Waals surface area (Å²) in [5, 5.41) is 20.9. The summed E-state index contributed by atoms with van der Waals surface area (Å²) in [6.45, 7) is 0.258. The zero-order valence-electron chi connectivity index (χ0n) is 6.58. The Morgan fingerprint density at radius 3 is 2.92 bits per heavy atom. The van der Waals surface area contributed by atoms with Crippen molar-refractivity contribution in [3.8, 4) is 12.3 Å². The quantitative estimate of drug-likeness (QED) is 0.473. The molecule has 0 spiro atoms. The first-order chi connectivity index (χ1) is 5.57. The summed E-state index contributed by atoms with van der Waals surface area (Å²) in [6, 6.07) is -0.664. The molecule has 12 heavy (non-hydrogen) atoms. The second-order valence-corrected chi connectivity index (χ2v) is 3.08. The lowest BCUT2D eigenvalue weighted by Gasteiger charge is -2.17. The Bertz CT molecular complexity index is 233. The molecule has 0 amide bonds. The highest BCUT2D eigenvalue weighted by Gasteiger charge is 2.39. The number of hydrogen-bond acceptors (Lipinski definition) is 3. The summed E-state index contributed by atoms with van der Waals surface area (Å²) in [5.74, 6) is 1.38. The molecule has 4 nitrogen and oxygen atoms in total. The molecule has 1 unspecified atom stereocenters. The maximum absolute atomic E-state index is 10.5. The summed E-state index contributed by atoms with van der Waals surface area (Å²) in [4.78, 5) is 10.5. The lowest BCUT2D eigenvalue weighted by molar-refractivity contribution is -0.139. The van der Waals surface area contributed by atoms with Crippen molar-refractivity contribution in [2.24, 2.45) is 0 Å². The molecule has 3 N–H and O–H groups in total. The van der Waals surface area contributed by atoms with Gasteiger partial charge in [-0.25, -0.2) is 0 Å². The van der Waals surface area contributed by atoms with E-state index in [2.05, 4.69) is 11.2 Å². The number of hydrogen-bond donors (Lipinski definition) is 3. The highest BCUT2D eigenvalue weighted by atomic mass is 16.4. The van der Waals surface area contributed by atoms with E-state index in [1.54, 1.807) is 0 Å². The van der Waals surface area contributed by atoms with Gasteiger partial charge in [-0.15, -0.1) is 12.3 Å². The fourth-order valence-electron chi connectivity index (χ4n) is 1.34. The SMILES string of the molecule is C#CCC1(O)CN[C@H](C(=O)O)C1. The van der Waals surface area contributed by atoms with Crippen LogP contribution in [0.5, 0.6) is 0 Å². The maximum atomic E-state index is 10.5. The van der Waals surface area contributed by atoms with Crippen molar-refractivity contribution in [3.05, 3.63) is 0 Å². The number of carboxylic acid groups (broad SMARTS) is 1. The van der Waals surface area contributed by atoms with Crippen LogP contribution in [-0.2, 0) is 4.79 Å². The number of terminal acetylenes is 1. The predicted molar refractivity (Wildman–Crippen MR) is 42.4 cm³/mol. The van der Waals surface area contributed by atoms with Gasteiger partial charge in [0.15, 0.2) is 0 Å². The van der Waals surface area contributed by atoms with Gasteiger partial charge in [-0.2, -0.15) is 0 Å². The van der Waals surface area contributed by atoms with Gasteiger partial charge in [0.1, 0.15) is 6.04 Å². The Morgan fingerprint density at radius 1 is 1.83 bits per heavy atom. The van der Waals surface area contributed by atoms with Crippen molar-refractivity contribution >= 4 is 5.97 Å². The van der Waals surface area contributed by atoms with Crippen molar-refractivity contribution in [1.29, 1.82) is 0 Å². The van der Waals surface area contributed by atoms with E-state index in [1.165, 1.54) is 0 Å². The third-order valence-electron chi connectivity index (χ3n) is 1.99. The van der Waals surface area contributed by atoms with E-state index in [-0.39, 0.29) is 19.4 Å². The van der Waals surface area contributed by atoms with E-state index in [1.807, 2.05) is 0 Å². The minimum Gasteiger partial charge on any atom is -0.480 e. The third kappa shape index (κ3) is 1.76. The molecule has 0 radical (unpaired) electrons. The van der Waals surface area contributed by atoms with E-state index in [9.17, 15) is 9.90 Å². The first-order valence-electron chi connectivity index (χ1n) is 3.69. The fourth-order valence-corrected chi connectivity index (χ4v) is 1.34. The summed E-state index contributed by atoms with van der Waals surface area (Å²) >= 11 is 0. The maximum Gasteiger partial charge on any atom is 0.320 e. The van der Waals surface area contributed by atoms with Crippen LogP contribution in [0.1, 0.15) is 12.8 Å². The molecule has 1 aliphatic heterocycles. The molecular weight excluding hydrogens is 158 g/mol. The molecule has 0 aromatic heterocycles. The van der Waals surface area contributed by atoms with Gasteiger partial charge >= 0.3 is 5.97 Å². The first kappa shape index (κ1) is 9.04. The Balaban J connectivity index is 2.55. The van der Waals surface area contributed by atoms with E-state index in [4.69, 9.17) is 11.5 Å². The predicted octanol–water partition coefficient (Wildman–Crippen LogP) is -0.813. The highest BCUT2D eigenvalue weighted by Crippen LogP contribution is 2.22. The molecule has 0 aromatic rings. The summed E-state index contributed by atoms with van der Waals surface area (Å²) in [7, 11) is 0. The van der Waals surface area contributed by atoms with Crippen molar-refractivity contribution in [2.75, 3.05) is 6.54 Å². The Hall–Kier alpha value is -1.05. The molecule has 1 aliphatic rings. The molecule has 66 valence electrons. The Morgan fingerprint density at radius 2 is 2.50 bits per heavy atom. The fraction of sp³-hybridized carbons (Fsp3) is 0.625. The summed E-state index contributed by atoms with van der Waals surface area (Å²) in [5.41, 5.74) is -1.03. The van der Waals surface area contributed by atoms with E-state index < -0.39 is 17.6 Å². The second kappa shape index (κ2) is 3.13. The molecule has 2 atom stereocenters. The van der Waals surface area contributed by atoms with Crippen LogP contribution in [0, 0.1) is 12.3 Å². The van der Waals surface area contributed by atoms with E-state index in [0.29, 0.717) is 0 Å². The smallest absolute Gasteiger partial charge is 0.320 e. The minimum absolute atomic E-state index is 0.187. The van der Waals surface area contributed by atoms with Crippen molar-refractivity contribution in [1.82, 2.24) is 5.32 Å². The number of carboxylic acids is 1. The standard InChI is InChI=1S/C8H11NO3/c1-2-3-8(12)4-6(7(10)11)9-5-8/h1,6,9,12H,3-5H2,(H,10,11)/t6-,8?/m0/s1. The van der Waals surface area contributed by atoms with Gasteiger partial charge in [0, 0.05) is 19.4 Å². The van der Waals surface area contributed by atoms with Crippen molar-refractivity contribution < 1.29 is 15.0 Å². The van der Waals surface area contributed by atoms with Gasteiger partial charge in [-0.1, -0.05) is 0 Å². The second-order valence-electron chi connectivity index (χ2n) is 3.08. The van der Waals surface area contributed by atoms with Gasteiger partial charge in [0.05, 0.1) is 5.60 Å². The minimum atomic E-state index is -1.03. The average molecular weight is 169 g/mol. The lowest BCUT2D eigenvalue weighted by Crippen LogP contribution is -2.30. The van der Waals surface area contributed by atoms with Crippen molar-refractivity contribution in [2.45, 2.75) is 24.5 Å². The molecular formula is C8H11NO3. The number of β-amino-alcohol motifs (C(OH)–C–C–N with tert-alkyl or cyclic N) is 1. The van der Waals surface area contributed by atoms with Crippen molar-refractivity contribution in [3.63, 3.8) is 0 Å². The number of rotatable bonds is 2. The van der Waals surface area contributed by atoms with E-state index in [0.717, 1.165) is 0 Å². The van der Waals surface area contributed by atoms with Gasteiger partial charge in [-0.05, 0) is 0 Å². The molecule has 4 heteroatoms. The summed E-state index contributed by atoms with van der Waals surface area (Å²) < 4.78 is 0. The number of aliphatic hydroxyl groups is 1. The van der Waals surface area contributed by atoms with Gasteiger partial charge in [-0.3, -0.25) is 4.79 Å². The molecule has 1 rings (SSSR count). The number of nitrogens with one attached hydrogen (secondary N) is 1. The van der Waals surface area contributed by atoms with Crippen LogP contribution in [0.15, 0.2) is 0 Å². The monoisotopic (exact) mass is 169 g/mol. The van der Waals surface area contributed by atoms with Crippen LogP contribution in [0.25, 0.3) is 0 Å². The first-order valence-corrected chi connectivity index (χ1v) is 3.69. The van der Waals surface area contributed by atoms with Crippen LogP contribution in [0.4, 0.5) is 0 Å². The molecule has 0 bridgehead atoms. The molecule has 1 heterocycles. The van der Waals surface area contributed by atoms with Crippen LogP contribution >= 0.6 is 0 Å². The van der Waals surface area contributed by atoms with Crippen LogP contribution in [0.3, 0.4) is 0 Å². The average Bonchev–Trinajstić information content (AvgIpc) is 2.33. The molecule has 0 aromatic carbocycles. The Kier molecular flexibility index (Phi) is 2.36. The van der Waals surface area contributed by atoms with Crippen LogP contribution in [0.2, 0.25) is 0 Å². The zero-order valence-corrected chi connectivity index (χ0v) is 6.58. The van der Waals surface area contributed by atoms with Crippen LogP contribution in [-0.4, -0.2) is 34.4 Å². The highest BCUT2D eigenvalue weighted by molar-refractivity contribution is 5.74. The number of aliphatic carboxylic acids is 1. The molecule has 0 aliphatic carbocycles. The number of carbonyl (C=O) groups is 1. The molecule has 1 saturated heterocycles. The third-order valence-corrected chi connectivity index (χ3v) is 1.99.